The minimum absolute atomic E-state index is 0.0633. The molecule has 2 rings (SSSR count). The summed E-state index contributed by atoms with van der Waals surface area (Å²) in [6.45, 7) is -0.710. The Kier molecular flexibility index (Phi) is 5.65. The fraction of sp³-hybridized carbons (Fsp3) is 0.625. The fourth-order valence-corrected chi connectivity index (χ4v) is 2.97. The van der Waals surface area contributed by atoms with Gasteiger partial charge in [-0.3, -0.25) is 0 Å². The SMILES string of the molecule is COc1ccc(NC(C)C2CCCCC2)cc1OC(F)F. The van der Waals surface area contributed by atoms with E-state index < -0.39 is 6.61 Å². The standard InChI is InChI=1S/C16H23F2NO2/c1-11(12-6-4-3-5-7-12)19-13-8-9-14(20-2)15(10-13)21-16(17)18/h8-12,16,19H,3-7H2,1-2H3. The number of benzene rings is 1. The summed E-state index contributed by atoms with van der Waals surface area (Å²) in [7, 11) is 1.44. The largest absolute Gasteiger partial charge is 0.493 e. The van der Waals surface area contributed by atoms with Gasteiger partial charge in [-0.05, 0) is 37.8 Å². The Morgan fingerprint density at radius 3 is 2.48 bits per heavy atom. The Hall–Kier alpha value is -1.52. The topological polar surface area (TPSA) is 30.5 Å². The van der Waals surface area contributed by atoms with E-state index in [2.05, 4.69) is 17.0 Å². The van der Waals surface area contributed by atoms with Crippen LogP contribution in [0.5, 0.6) is 11.5 Å². The van der Waals surface area contributed by atoms with Gasteiger partial charge < -0.3 is 14.8 Å². The predicted molar refractivity (Wildman–Crippen MR) is 79.3 cm³/mol. The van der Waals surface area contributed by atoms with Crippen molar-refractivity contribution in [1.29, 1.82) is 0 Å². The monoisotopic (exact) mass is 299 g/mol. The van der Waals surface area contributed by atoms with Crippen molar-refractivity contribution in [3.05, 3.63) is 18.2 Å². The molecular formula is C16H23F2NO2. The molecule has 21 heavy (non-hydrogen) atoms. The van der Waals surface area contributed by atoms with E-state index >= 15 is 0 Å². The lowest BCUT2D eigenvalue weighted by atomic mass is 9.84. The molecule has 0 heterocycles. The molecule has 3 nitrogen and oxygen atoms in total. The Balaban J connectivity index is 2.05. The van der Waals surface area contributed by atoms with Crippen molar-refractivity contribution < 1.29 is 18.3 Å². The third kappa shape index (κ3) is 4.48. The quantitative estimate of drug-likeness (QED) is 0.827. The number of anilines is 1. The average molecular weight is 299 g/mol. The van der Waals surface area contributed by atoms with Gasteiger partial charge in [0.25, 0.3) is 0 Å². The molecule has 1 aliphatic carbocycles. The van der Waals surface area contributed by atoms with E-state index in [1.54, 1.807) is 12.1 Å². The van der Waals surface area contributed by atoms with Crippen molar-refractivity contribution in [1.82, 2.24) is 0 Å². The normalized spacial score (nSPS) is 17.6. The van der Waals surface area contributed by atoms with Crippen molar-refractivity contribution >= 4 is 5.69 Å². The molecule has 0 aliphatic heterocycles. The van der Waals surface area contributed by atoms with E-state index in [4.69, 9.17) is 4.74 Å². The molecular weight excluding hydrogens is 276 g/mol. The van der Waals surface area contributed by atoms with Gasteiger partial charge in [0.05, 0.1) is 7.11 Å². The predicted octanol–water partition coefficient (Wildman–Crippen LogP) is 4.68. The first-order valence-corrected chi connectivity index (χ1v) is 7.49. The van der Waals surface area contributed by atoms with E-state index in [0.29, 0.717) is 17.7 Å². The van der Waals surface area contributed by atoms with Gasteiger partial charge in [0, 0.05) is 17.8 Å². The first-order chi connectivity index (χ1) is 10.1. The van der Waals surface area contributed by atoms with Crippen molar-refractivity contribution in [2.75, 3.05) is 12.4 Å². The molecule has 0 bridgehead atoms. The van der Waals surface area contributed by atoms with Crippen LogP contribution >= 0.6 is 0 Å². The molecule has 1 saturated carbocycles. The highest BCUT2D eigenvalue weighted by atomic mass is 19.3. The second kappa shape index (κ2) is 7.48. The second-order valence-corrected chi connectivity index (χ2v) is 5.58. The van der Waals surface area contributed by atoms with Crippen LogP contribution in [0.1, 0.15) is 39.0 Å². The average Bonchev–Trinajstić information content (AvgIpc) is 2.48. The van der Waals surface area contributed by atoms with E-state index in [-0.39, 0.29) is 5.75 Å². The fourth-order valence-electron chi connectivity index (χ4n) is 2.97. The van der Waals surface area contributed by atoms with Gasteiger partial charge in [0.1, 0.15) is 0 Å². The van der Waals surface area contributed by atoms with Crippen LogP contribution in [0.2, 0.25) is 0 Å². The van der Waals surface area contributed by atoms with Crippen LogP contribution in [-0.2, 0) is 0 Å². The number of hydrogen-bond donors (Lipinski definition) is 1. The zero-order chi connectivity index (χ0) is 15.2. The lowest BCUT2D eigenvalue weighted by molar-refractivity contribution is -0.0511. The van der Waals surface area contributed by atoms with Crippen LogP contribution in [0.3, 0.4) is 0 Å². The second-order valence-electron chi connectivity index (χ2n) is 5.58. The van der Waals surface area contributed by atoms with Crippen molar-refractivity contribution in [3.8, 4) is 11.5 Å². The summed E-state index contributed by atoms with van der Waals surface area (Å²) < 4.78 is 34.4. The van der Waals surface area contributed by atoms with Crippen LogP contribution in [0.15, 0.2) is 18.2 Å². The molecule has 0 amide bonds. The van der Waals surface area contributed by atoms with Crippen LogP contribution in [0, 0.1) is 5.92 Å². The molecule has 1 N–H and O–H groups in total. The zero-order valence-electron chi connectivity index (χ0n) is 12.6. The molecule has 0 radical (unpaired) electrons. The molecule has 118 valence electrons. The number of methoxy groups -OCH3 is 1. The summed E-state index contributed by atoms with van der Waals surface area (Å²) in [5.74, 6) is 1.01. The Labute approximate surface area is 124 Å². The number of nitrogens with one attached hydrogen (secondary N) is 1. The molecule has 1 fully saturated rings. The van der Waals surface area contributed by atoms with Crippen molar-refractivity contribution in [2.45, 2.75) is 51.7 Å². The van der Waals surface area contributed by atoms with Crippen molar-refractivity contribution in [2.24, 2.45) is 5.92 Å². The highest BCUT2D eigenvalue weighted by Gasteiger charge is 2.20. The van der Waals surface area contributed by atoms with Crippen LogP contribution in [0.25, 0.3) is 0 Å². The Bertz CT molecular complexity index is 448. The summed E-state index contributed by atoms with van der Waals surface area (Å²) in [5, 5.41) is 3.40. The highest BCUT2D eigenvalue weighted by molar-refractivity contribution is 5.55. The third-order valence-electron chi connectivity index (χ3n) is 4.13. The Morgan fingerprint density at radius 2 is 1.86 bits per heavy atom. The van der Waals surface area contributed by atoms with Gasteiger partial charge >= 0.3 is 6.61 Å². The van der Waals surface area contributed by atoms with E-state index in [9.17, 15) is 8.78 Å². The number of hydrogen-bond acceptors (Lipinski definition) is 3. The molecule has 1 atom stereocenters. The highest BCUT2D eigenvalue weighted by Crippen LogP contribution is 2.33. The maximum absolute atomic E-state index is 12.4. The molecule has 5 heteroatoms. The smallest absolute Gasteiger partial charge is 0.387 e. The van der Waals surface area contributed by atoms with Gasteiger partial charge in [0.15, 0.2) is 11.5 Å². The zero-order valence-corrected chi connectivity index (χ0v) is 12.6. The molecule has 1 aliphatic rings. The molecule has 0 spiro atoms. The number of rotatable bonds is 6. The summed E-state index contributed by atoms with van der Waals surface area (Å²) >= 11 is 0. The summed E-state index contributed by atoms with van der Waals surface area (Å²) in [6, 6.07) is 5.37. The number of alkyl halides is 2. The summed E-state index contributed by atoms with van der Waals surface area (Å²) in [6.07, 6.45) is 6.33. The maximum Gasteiger partial charge on any atom is 0.387 e. The van der Waals surface area contributed by atoms with E-state index in [1.807, 2.05) is 6.07 Å². The lowest BCUT2D eigenvalue weighted by Gasteiger charge is -2.29. The van der Waals surface area contributed by atoms with Gasteiger partial charge in [-0.25, -0.2) is 0 Å². The minimum atomic E-state index is -2.86. The third-order valence-corrected chi connectivity index (χ3v) is 4.13. The first kappa shape index (κ1) is 15.9. The number of ether oxygens (including phenoxy) is 2. The first-order valence-electron chi connectivity index (χ1n) is 7.49. The molecule has 1 aromatic rings. The summed E-state index contributed by atoms with van der Waals surface area (Å²) in [5.41, 5.74) is 0.782. The molecule has 1 aromatic carbocycles. The van der Waals surface area contributed by atoms with Gasteiger partial charge in [-0.2, -0.15) is 8.78 Å². The van der Waals surface area contributed by atoms with Crippen LogP contribution in [-0.4, -0.2) is 19.8 Å². The van der Waals surface area contributed by atoms with E-state index in [0.717, 1.165) is 5.69 Å². The minimum Gasteiger partial charge on any atom is -0.493 e. The lowest BCUT2D eigenvalue weighted by Crippen LogP contribution is -2.27. The maximum atomic E-state index is 12.4. The molecule has 0 saturated heterocycles. The van der Waals surface area contributed by atoms with Gasteiger partial charge in [-0.1, -0.05) is 19.3 Å². The molecule has 0 aromatic heterocycles. The Morgan fingerprint density at radius 1 is 1.14 bits per heavy atom. The van der Waals surface area contributed by atoms with Crippen LogP contribution < -0.4 is 14.8 Å². The van der Waals surface area contributed by atoms with Gasteiger partial charge in [-0.15, -0.1) is 0 Å². The number of halogens is 2. The van der Waals surface area contributed by atoms with Crippen LogP contribution in [0.4, 0.5) is 14.5 Å². The molecule has 1 unspecified atom stereocenters. The van der Waals surface area contributed by atoms with E-state index in [1.165, 1.54) is 39.2 Å². The summed E-state index contributed by atoms with van der Waals surface area (Å²) in [4.78, 5) is 0. The van der Waals surface area contributed by atoms with Crippen molar-refractivity contribution in [3.63, 3.8) is 0 Å². The van der Waals surface area contributed by atoms with Gasteiger partial charge in [0.2, 0.25) is 0 Å².